The van der Waals surface area contributed by atoms with Crippen LogP contribution in [0.5, 0.6) is 0 Å². The second kappa shape index (κ2) is 8.30. The number of benzene rings is 2. The number of amides is 3. The Bertz CT molecular complexity index is 1020. The van der Waals surface area contributed by atoms with Crippen LogP contribution in [0.2, 0.25) is 5.02 Å². The van der Waals surface area contributed by atoms with Crippen molar-refractivity contribution in [3.63, 3.8) is 0 Å². The zero-order valence-electron chi connectivity index (χ0n) is 14.5. The molecule has 0 bridgehead atoms. The minimum atomic E-state index is -4.53. The third kappa shape index (κ3) is 4.99. The Morgan fingerprint density at radius 3 is 2.55 bits per heavy atom. The highest BCUT2D eigenvalue weighted by atomic mass is 35.5. The van der Waals surface area contributed by atoms with Gasteiger partial charge in [-0.1, -0.05) is 35.9 Å². The zero-order valence-corrected chi connectivity index (χ0v) is 16.1. The zero-order chi connectivity index (χ0) is 21.2. The molecular weight excluding hydrogens is 429 g/mol. The predicted molar refractivity (Wildman–Crippen MR) is 104 cm³/mol. The van der Waals surface area contributed by atoms with Gasteiger partial charge < -0.3 is 5.32 Å². The fourth-order valence-corrected chi connectivity index (χ4v) is 3.51. The van der Waals surface area contributed by atoms with Gasteiger partial charge in [-0.2, -0.15) is 13.2 Å². The van der Waals surface area contributed by atoms with E-state index in [1.807, 2.05) is 0 Å². The van der Waals surface area contributed by atoms with E-state index in [1.165, 1.54) is 18.2 Å². The van der Waals surface area contributed by atoms with E-state index in [0.717, 1.165) is 17.0 Å². The van der Waals surface area contributed by atoms with Crippen molar-refractivity contribution in [1.82, 2.24) is 4.90 Å². The fourth-order valence-electron chi connectivity index (χ4n) is 2.49. The number of thioether (sulfide) groups is 1. The molecule has 1 saturated heterocycles. The van der Waals surface area contributed by atoms with Gasteiger partial charge in [0.05, 0.1) is 21.2 Å². The topological polar surface area (TPSA) is 66.5 Å². The van der Waals surface area contributed by atoms with Gasteiger partial charge in [-0.15, -0.1) is 0 Å². The van der Waals surface area contributed by atoms with Crippen LogP contribution in [-0.2, 0) is 15.8 Å². The van der Waals surface area contributed by atoms with Crippen molar-refractivity contribution in [2.45, 2.75) is 6.18 Å². The first kappa shape index (κ1) is 20.9. The van der Waals surface area contributed by atoms with Crippen LogP contribution in [0.1, 0.15) is 11.1 Å². The van der Waals surface area contributed by atoms with Gasteiger partial charge in [-0.25, -0.2) is 0 Å². The molecule has 2 aromatic rings. The van der Waals surface area contributed by atoms with E-state index < -0.39 is 35.3 Å². The van der Waals surface area contributed by atoms with Crippen molar-refractivity contribution in [1.29, 1.82) is 0 Å². The van der Waals surface area contributed by atoms with Gasteiger partial charge in [0.2, 0.25) is 5.91 Å². The molecule has 0 saturated carbocycles. The number of anilines is 1. The normalized spacial score (nSPS) is 15.9. The number of hydrogen-bond acceptors (Lipinski definition) is 4. The molecule has 0 radical (unpaired) electrons. The maximum Gasteiger partial charge on any atom is 0.416 e. The first-order chi connectivity index (χ1) is 13.6. The average molecular weight is 441 g/mol. The number of carbonyl (C=O) groups excluding carboxylic acids is 3. The second-order valence-corrected chi connectivity index (χ2v) is 7.32. The van der Waals surface area contributed by atoms with Crippen molar-refractivity contribution in [3.8, 4) is 0 Å². The Balaban J connectivity index is 1.73. The molecule has 1 aliphatic heterocycles. The predicted octanol–water partition coefficient (Wildman–Crippen LogP) is 5.03. The molecule has 0 aliphatic carbocycles. The van der Waals surface area contributed by atoms with Gasteiger partial charge in [0.25, 0.3) is 11.1 Å². The van der Waals surface area contributed by atoms with Crippen molar-refractivity contribution < 1.29 is 27.6 Å². The monoisotopic (exact) mass is 440 g/mol. The Morgan fingerprint density at radius 2 is 1.86 bits per heavy atom. The standard InChI is InChI=1S/C19H12ClF3N2O3S/c20-13-6-1-2-7-14(13)24-16(26)10-25-17(27)15(29-18(25)28)9-11-4-3-5-12(8-11)19(21,22)23/h1-9H,10H2,(H,24,26)/b15-9+. The van der Waals surface area contributed by atoms with E-state index in [0.29, 0.717) is 22.5 Å². The van der Waals surface area contributed by atoms with Crippen molar-refractivity contribution in [3.05, 3.63) is 69.6 Å². The van der Waals surface area contributed by atoms with Crippen molar-refractivity contribution >= 4 is 52.2 Å². The summed E-state index contributed by atoms with van der Waals surface area (Å²) < 4.78 is 38.5. The van der Waals surface area contributed by atoms with Crippen LogP contribution < -0.4 is 5.32 Å². The minimum absolute atomic E-state index is 0.0696. The molecule has 10 heteroatoms. The number of halogens is 4. The van der Waals surface area contributed by atoms with E-state index >= 15 is 0 Å². The van der Waals surface area contributed by atoms with Gasteiger partial charge in [-0.05, 0) is 47.7 Å². The van der Waals surface area contributed by atoms with E-state index in [9.17, 15) is 27.6 Å². The Kier molecular flexibility index (Phi) is 5.99. The maximum atomic E-state index is 12.8. The molecule has 0 aromatic heterocycles. The third-order valence-electron chi connectivity index (χ3n) is 3.83. The molecule has 0 spiro atoms. The number of para-hydroxylation sites is 1. The van der Waals surface area contributed by atoms with Crippen LogP contribution in [-0.4, -0.2) is 28.5 Å². The van der Waals surface area contributed by atoms with Crippen LogP contribution in [0.4, 0.5) is 23.7 Å². The molecule has 1 heterocycles. The first-order valence-corrected chi connectivity index (χ1v) is 9.31. The van der Waals surface area contributed by atoms with Gasteiger partial charge >= 0.3 is 6.18 Å². The molecule has 2 aromatic carbocycles. The lowest BCUT2D eigenvalue weighted by atomic mass is 10.1. The van der Waals surface area contributed by atoms with Crippen LogP contribution in [0.3, 0.4) is 0 Å². The van der Waals surface area contributed by atoms with Gasteiger partial charge in [-0.3, -0.25) is 19.3 Å². The average Bonchev–Trinajstić information content (AvgIpc) is 2.90. The number of nitrogens with one attached hydrogen (secondary N) is 1. The summed E-state index contributed by atoms with van der Waals surface area (Å²) in [5.41, 5.74) is -0.430. The largest absolute Gasteiger partial charge is 0.416 e. The van der Waals surface area contributed by atoms with Crippen molar-refractivity contribution in [2.24, 2.45) is 0 Å². The third-order valence-corrected chi connectivity index (χ3v) is 5.07. The minimum Gasteiger partial charge on any atom is -0.323 e. The van der Waals surface area contributed by atoms with Gasteiger partial charge in [0, 0.05) is 0 Å². The number of nitrogens with zero attached hydrogens (tertiary/aromatic N) is 1. The smallest absolute Gasteiger partial charge is 0.323 e. The van der Waals surface area contributed by atoms with Crippen molar-refractivity contribution in [2.75, 3.05) is 11.9 Å². The van der Waals surface area contributed by atoms with Crippen LogP contribution in [0.25, 0.3) is 6.08 Å². The highest BCUT2D eigenvalue weighted by Gasteiger charge is 2.36. The quantitative estimate of drug-likeness (QED) is 0.677. The number of imide groups is 1. The summed E-state index contributed by atoms with van der Waals surface area (Å²) in [5.74, 6) is -1.40. The summed E-state index contributed by atoms with van der Waals surface area (Å²) in [6, 6.07) is 10.8. The summed E-state index contributed by atoms with van der Waals surface area (Å²) in [4.78, 5) is 37.4. The highest BCUT2D eigenvalue weighted by molar-refractivity contribution is 8.18. The summed E-state index contributed by atoms with van der Waals surface area (Å²) >= 11 is 6.50. The highest BCUT2D eigenvalue weighted by Crippen LogP contribution is 2.34. The van der Waals surface area contributed by atoms with E-state index in [1.54, 1.807) is 24.3 Å². The molecule has 1 aliphatic rings. The molecule has 1 fully saturated rings. The molecule has 3 rings (SSSR count). The lowest BCUT2D eigenvalue weighted by Gasteiger charge is -2.13. The Labute approximate surface area is 172 Å². The summed E-state index contributed by atoms with van der Waals surface area (Å²) in [6.07, 6.45) is -3.34. The van der Waals surface area contributed by atoms with Crippen LogP contribution >= 0.6 is 23.4 Å². The molecule has 3 amide bonds. The van der Waals surface area contributed by atoms with Gasteiger partial charge in [0.15, 0.2) is 0 Å². The molecule has 29 heavy (non-hydrogen) atoms. The number of alkyl halides is 3. The lowest BCUT2D eigenvalue weighted by Crippen LogP contribution is -2.36. The van der Waals surface area contributed by atoms with Crippen LogP contribution in [0, 0.1) is 0 Å². The van der Waals surface area contributed by atoms with Gasteiger partial charge in [0.1, 0.15) is 6.54 Å². The first-order valence-electron chi connectivity index (χ1n) is 8.12. The maximum absolute atomic E-state index is 12.8. The molecule has 0 unspecified atom stereocenters. The lowest BCUT2D eigenvalue weighted by molar-refractivity contribution is -0.137. The van der Waals surface area contributed by atoms with E-state index in [2.05, 4.69) is 5.32 Å². The number of hydrogen-bond donors (Lipinski definition) is 1. The second-order valence-electron chi connectivity index (χ2n) is 5.92. The summed E-state index contributed by atoms with van der Waals surface area (Å²) in [6.45, 7) is -0.546. The Hall–Kier alpha value is -2.78. The SMILES string of the molecule is O=C(CN1C(=O)S/C(=C/c2cccc(C(F)(F)F)c2)C1=O)Nc1ccccc1Cl. The van der Waals surface area contributed by atoms with Crippen LogP contribution in [0.15, 0.2) is 53.4 Å². The number of carbonyl (C=O) groups is 3. The summed E-state index contributed by atoms with van der Waals surface area (Å²) in [7, 11) is 0. The Morgan fingerprint density at radius 1 is 1.14 bits per heavy atom. The number of rotatable bonds is 4. The molecular formula is C19H12ClF3N2O3S. The van der Waals surface area contributed by atoms with E-state index in [4.69, 9.17) is 11.6 Å². The molecule has 1 N–H and O–H groups in total. The van der Waals surface area contributed by atoms with E-state index in [-0.39, 0.29) is 10.5 Å². The molecule has 5 nitrogen and oxygen atoms in total. The fraction of sp³-hybridized carbons (Fsp3) is 0.105. The molecule has 150 valence electrons. The molecule has 0 atom stereocenters. The summed E-state index contributed by atoms with van der Waals surface area (Å²) in [5, 5.41) is 2.10.